The summed E-state index contributed by atoms with van der Waals surface area (Å²) in [6.07, 6.45) is 1.83. The summed E-state index contributed by atoms with van der Waals surface area (Å²) >= 11 is 1.34. The van der Waals surface area contributed by atoms with Gasteiger partial charge in [0.2, 0.25) is 0 Å². The summed E-state index contributed by atoms with van der Waals surface area (Å²) in [7, 11) is 2.06. The number of likely N-dealkylation sites (N-methyl/N-ethyl adjacent to an activating group) is 1. The maximum absolute atomic E-state index is 11.4. The largest absolute Gasteiger partial charge is 0.365 e. The molecule has 7 heteroatoms. The van der Waals surface area contributed by atoms with Gasteiger partial charge in [-0.05, 0) is 24.3 Å². The second-order valence-electron chi connectivity index (χ2n) is 5.87. The van der Waals surface area contributed by atoms with Gasteiger partial charge < -0.3 is 15.5 Å². The van der Waals surface area contributed by atoms with E-state index in [2.05, 4.69) is 27.9 Å². The summed E-state index contributed by atoms with van der Waals surface area (Å²) in [4.78, 5) is 26.4. The number of fused-ring (bicyclic) bond motifs is 2. The number of amides is 1. The predicted molar refractivity (Wildman–Crippen MR) is 96.7 cm³/mol. The molecular weight excluding hydrogens is 322 g/mol. The Morgan fingerprint density at radius 2 is 2.17 bits per heavy atom. The second kappa shape index (κ2) is 5.76. The number of nitrogens with two attached hydrogens (primary N) is 1. The van der Waals surface area contributed by atoms with Gasteiger partial charge in [-0.15, -0.1) is 11.3 Å². The molecule has 1 aliphatic heterocycles. The summed E-state index contributed by atoms with van der Waals surface area (Å²) < 4.78 is 0. The molecule has 122 valence electrons. The third-order valence-corrected chi connectivity index (χ3v) is 5.29. The van der Waals surface area contributed by atoms with Crippen molar-refractivity contribution >= 4 is 39.1 Å². The molecule has 4 heterocycles. The van der Waals surface area contributed by atoms with Crippen LogP contribution in [0.4, 0.5) is 11.6 Å². The zero-order chi connectivity index (χ0) is 16.7. The number of thiophene rings is 1. The zero-order valence-electron chi connectivity index (χ0n) is 13.3. The molecule has 0 bridgehead atoms. The van der Waals surface area contributed by atoms with Gasteiger partial charge in [-0.1, -0.05) is 6.07 Å². The van der Waals surface area contributed by atoms with Crippen LogP contribution in [0.1, 0.15) is 15.2 Å². The van der Waals surface area contributed by atoms with Crippen LogP contribution < -0.4 is 15.5 Å². The number of primary amides is 1. The molecule has 1 amide bonds. The lowest BCUT2D eigenvalue weighted by Crippen LogP contribution is -2.29. The normalized spacial score (nSPS) is 14.5. The minimum Gasteiger partial charge on any atom is -0.365 e. The lowest BCUT2D eigenvalue weighted by Gasteiger charge is -2.21. The highest BCUT2D eigenvalue weighted by atomic mass is 32.1. The molecule has 4 rings (SSSR count). The van der Waals surface area contributed by atoms with E-state index >= 15 is 0 Å². The van der Waals surface area contributed by atoms with Crippen molar-refractivity contribution in [2.45, 2.75) is 6.54 Å². The third kappa shape index (κ3) is 2.56. The first-order chi connectivity index (χ1) is 11.6. The Bertz CT molecular complexity index is 922. The van der Waals surface area contributed by atoms with Crippen molar-refractivity contribution in [2.24, 2.45) is 5.73 Å². The predicted octanol–water partition coefficient (Wildman–Crippen LogP) is 2.25. The highest BCUT2D eigenvalue weighted by Crippen LogP contribution is 2.29. The van der Waals surface area contributed by atoms with E-state index in [1.807, 2.05) is 24.4 Å². The maximum atomic E-state index is 11.4. The van der Waals surface area contributed by atoms with Crippen molar-refractivity contribution in [1.29, 1.82) is 0 Å². The highest BCUT2D eigenvalue weighted by Gasteiger charge is 2.20. The molecule has 2 N–H and O–H groups in total. The number of pyridine rings is 2. The van der Waals surface area contributed by atoms with Gasteiger partial charge in [0.15, 0.2) is 0 Å². The summed E-state index contributed by atoms with van der Waals surface area (Å²) in [6, 6.07) is 9.87. The van der Waals surface area contributed by atoms with Crippen LogP contribution in [-0.4, -0.2) is 36.0 Å². The molecule has 24 heavy (non-hydrogen) atoms. The second-order valence-corrected chi connectivity index (χ2v) is 6.90. The van der Waals surface area contributed by atoms with Crippen LogP contribution in [0.5, 0.6) is 0 Å². The lowest BCUT2D eigenvalue weighted by molar-refractivity contribution is 0.100. The van der Waals surface area contributed by atoms with Crippen LogP contribution in [0.15, 0.2) is 36.5 Å². The first-order valence-corrected chi connectivity index (χ1v) is 8.54. The van der Waals surface area contributed by atoms with Crippen molar-refractivity contribution in [2.75, 3.05) is 29.9 Å². The van der Waals surface area contributed by atoms with E-state index in [1.165, 1.54) is 16.9 Å². The molecule has 3 aromatic rings. The van der Waals surface area contributed by atoms with Crippen molar-refractivity contribution < 1.29 is 4.79 Å². The molecule has 1 aliphatic rings. The summed E-state index contributed by atoms with van der Waals surface area (Å²) in [6.45, 7) is 2.50. The standard InChI is InChI=1S/C17H17N5OS/c1-21-7-8-22(10-12-3-2-6-19-16(12)21)14-5-4-11-9-13(15(18)23)24-17(11)20-14/h2-6,9H,7-8,10H2,1H3,(H2,18,23). The van der Waals surface area contributed by atoms with Gasteiger partial charge in [-0.25, -0.2) is 9.97 Å². The molecular formula is C17H17N5OS. The first-order valence-electron chi connectivity index (χ1n) is 7.72. The quantitative estimate of drug-likeness (QED) is 0.775. The SMILES string of the molecule is CN1CCN(c2ccc3cc(C(N)=O)sc3n2)Cc2cccnc21. The fraction of sp³-hybridized carbons (Fsp3) is 0.235. The van der Waals surface area contributed by atoms with Crippen molar-refractivity contribution in [3.8, 4) is 0 Å². The van der Waals surface area contributed by atoms with Crippen LogP contribution >= 0.6 is 11.3 Å². The summed E-state index contributed by atoms with van der Waals surface area (Å²) in [5.41, 5.74) is 6.55. The summed E-state index contributed by atoms with van der Waals surface area (Å²) in [5, 5.41) is 0.951. The average molecular weight is 339 g/mol. The Balaban J connectivity index is 1.71. The van der Waals surface area contributed by atoms with Crippen LogP contribution in [-0.2, 0) is 6.54 Å². The van der Waals surface area contributed by atoms with E-state index in [1.54, 1.807) is 6.07 Å². The van der Waals surface area contributed by atoms with E-state index in [0.29, 0.717) is 4.88 Å². The van der Waals surface area contributed by atoms with Gasteiger partial charge in [-0.3, -0.25) is 4.79 Å². The van der Waals surface area contributed by atoms with Gasteiger partial charge in [0.25, 0.3) is 5.91 Å². The van der Waals surface area contributed by atoms with Gasteiger partial charge in [0.05, 0.1) is 4.88 Å². The Morgan fingerprint density at radius 1 is 1.29 bits per heavy atom. The highest BCUT2D eigenvalue weighted by molar-refractivity contribution is 7.20. The van der Waals surface area contributed by atoms with Gasteiger partial charge in [0, 0.05) is 43.8 Å². The minimum atomic E-state index is -0.407. The molecule has 0 saturated heterocycles. The topological polar surface area (TPSA) is 75.3 Å². The van der Waals surface area contributed by atoms with Gasteiger partial charge in [0.1, 0.15) is 16.5 Å². The molecule has 6 nitrogen and oxygen atoms in total. The number of nitrogens with zero attached hydrogens (tertiary/aromatic N) is 4. The van der Waals surface area contributed by atoms with Crippen LogP contribution in [0.2, 0.25) is 0 Å². The third-order valence-electron chi connectivity index (χ3n) is 4.23. The molecule has 0 saturated carbocycles. The van der Waals surface area contributed by atoms with Crippen LogP contribution in [0.25, 0.3) is 10.2 Å². The minimum absolute atomic E-state index is 0.407. The van der Waals surface area contributed by atoms with E-state index in [-0.39, 0.29) is 0 Å². The number of carbonyl (C=O) groups is 1. The number of aromatic nitrogens is 2. The van der Waals surface area contributed by atoms with Crippen molar-refractivity contribution in [1.82, 2.24) is 9.97 Å². The number of carbonyl (C=O) groups excluding carboxylic acids is 1. The van der Waals surface area contributed by atoms with E-state index in [4.69, 9.17) is 10.7 Å². The monoisotopic (exact) mass is 339 g/mol. The molecule has 0 radical (unpaired) electrons. The molecule has 0 unspecified atom stereocenters. The smallest absolute Gasteiger partial charge is 0.258 e. The zero-order valence-corrected chi connectivity index (χ0v) is 14.1. The molecule has 0 aromatic carbocycles. The maximum Gasteiger partial charge on any atom is 0.258 e. The number of hydrogen-bond acceptors (Lipinski definition) is 6. The summed E-state index contributed by atoms with van der Waals surface area (Å²) in [5.74, 6) is 1.52. The first kappa shape index (κ1) is 14.9. The number of rotatable bonds is 2. The Hall–Kier alpha value is -2.67. The molecule has 3 aromatic heterocycles. The Kier molecular flexibility index (Phi) is 3.57. The van der Waals surface area contributed by atoms with Crippen molar-refractivity contribution in [3.63, 3.8) is 0 Å². The molecule has 0 fully saturated rings. The Morgan fingerprint density at radius 3 is 3.00 bits per heavy atom. The van der Waals surface area contributed by atoms with E-state index in [0.717, 1.165) is 41.5 Å². The number of hydrogen-bond donors (Lipinski definition) is 1. The fourth-order valence-electron chi connectivity index (χ4n) is 2.96. The fourth-order valence-corrected chi connectivity index (χ4v) is 3.84. The molecule has 0 aliphatic carbocycles. The van der Waals surface area contributed by atoms with Gasteiger partial charge >= 0.3 is 0 Å². The molecule has 0 atom stereocenters. The number of anilines is 2. The van der Waals surface area contributed by atoms with Crippen molar-refractivity contribution in [3.05, 3.63) is 47.0 Å². The van der Waals surface area contributed by atoms with Gasteiger partial charge in [-0.2, -0.15) is 0 Å². The van der Waals surface area contributed by atoms with Crippen LogP contribution in [0, 0.1) is 0 Å². The van der Waals surface area contributed by atoms with E-state index < -0.39 is 5.91 Å². The van der Waals surface area contributed by atoms with E-state index in [9.17, 15) is 4.79 Å². The average Bonchev–Trinajstić information content (AvgIpc) is 2.94. The Labute approximate surface area is 143 Å². The lowest BCUT2D eigenvalue weighted by atomic mass is 10.2. The van der Waals surface area contributed by atoms with Crippen LogP contribution in [0.3, 0.4) is 0 Å². The molecule has 0 spiro atoms.